The van der Waals surface area contributed by atoms with Gasteiger partial charge in [-0.05, 0) is 20.4 Å². The standard InChI is InChI=1S/C17H37NO2/c1-4-5-6-7-8-9-10-11-12-13-14-17(20)15-18(3)16(2)19/h16-17,19-20H,4-15H2,1-3H3. The maximum atomic E-state index is 9.84. The van der Waals surface area contributed by atoms with Gasteiger partial charge in [0, 0.05) is 6.54 Å². The molecule has 0 aromatic heterocycles. The van der Waals surface area contributed by atoms with Crippen LogP contribution in [-0.4, -0.2) is 41.0 Å². The number of hydrogen-bond donors (Lipinski definition) is 2. The molecule has 0 heterocycles. The second-order valence-electron chi connectivity index (χ2n) is 6.20. The van der Waals surface area contributed by atoms with Gasteiger partial charge >= 0.3 is 0 Å². The van der Waals surface area contributed by atoms with Crippen LogP contribution >= 0.6 is 0 Å². The average molecular weight is 287 g/mol. The van der Waals surface area contributed by atoms with Gasteiger partial charge in [0.25, 0.3) is 0 Å². The maximum Gasteiger partial charge on any atom is 0.104 e. The highest BCUT2D eigenvalue weighted by Gasteiger charge is 2.10. The SMILES string of the molecule is CCCCCCCCCCCCC(O)CN(C)C(C)O. The molecular formula is C17H37NO2. The first-order valence-electron chi connectivity index (χ1n) is 8.64. The normalized spacial score (nSPS) is 14.7. The zero-order valence-corrected chi connectivity index (χ0v) is 14.0. The predicted octanol–water partition coefficient (Wildman–Crippen LogP) is 3.93. The molecule has 2 atom stereocenters. The van der Waals surface area contributed by atoms with E-state index in [-0.39, 0.29) is 6.10 Å². The smallest absolute Gasteiger partial charge is 0.104 e. The van der Waals surface area contributed by atoms with Crippen LogP contribution in [0.2, 0.25) is 0 Å². The minimum Gasteiger partial charge on any atom is -0.392 e. The van der Waals surface area contributed by atoms with Crippen LogP contribution in [0.3, 0.4) is 0 Å². The largest absolute Gasteiger partial charge is 0.392 e. The monoisotopic (exact) mass is 287 g/mol. The lowest BCUT2D eigenvalue weighted by Gasteiger charge is -2.22. The Kier molecular flexibility index (Phi) is 13.8. The van der Waals surface area contributed by atoms with Crippen LogP contribution < -0.4 is 0 Å². The summed E-state index contributed by atoms with van der Waals surface area (Å²) in [4.78, 5) is 1.78. The lowest BCUT2D eigenvalue weighted by Crippen LogP contribution is -2.35. The van der Waals surface area contributed by atoms with E-state index in [1.54, 1.807) is 11.8 Å². The molecule has 0 aliphatic rings. The molecule has 0 amide bonds. The summed E-state index contributed by atoms with van der Waals surface area (Å²) in [7, 11) is 1.84. The van der Waals surface area contributed by atoms with E-state index in [9.17, 15) is 10.2 Å². The summed E-state index contributed by atoms with van der Waals surface area (Å²) in [6.45, 7) is 4.55. The van der Waals surface area contributed by atoms with Crippen LogP contribution in [0.25, 0.3) is 0 Å². The Bertz CT molecular complexity index is 197. The lowest BCUT2D eigenvalue weighted by molar-refractivity contribution is 0.00447. The van der Waals surface area contributed by atoms with Crippen LogP contribution in [0.15, 0.2) is 0 Å². The van der Waals surface area contributed by atoms with E-state index < -0.39 is 6.23 Å². The van der Waals surface area contributed by atoms with Gasteiger partial charge in [0.15, 0.2) is 0 Å². The van der Waals surface area contributed by atoms with E-state index in [4.69, 9.17) is 0 Å². The minimum atomic E-state index is -0.475. The van der Waals surface area contributed by atoms with E-state index in [0.29, 0.717) is 6.54 Å². The van der Waals surface area contributed by atoms with Crippen LogP contribution in [0, 0.1) is 0 Å². The summed E-state index contributed by atoms with van der Waals surface area (Å²) in [6.07, 6.45) is 13.3. The van der Waals surface area contributed by atoms with Crippen LogP contribution in [0.5, 0.6) is 0 Å². The van der Waals surface area contributed by atoms with Gasteiger partial charge in [-0.25, -0.2) is 0 Å². The highest BCUT2D eigenvalue weighted by molar-refractivity contribution is 4.62. The summed E-state index contributed by atoms with van der Waals surface area (Å²) < 4.78 is 0. The topological polar surface area (TPSA) is 43.7 Å². The highest BCUT2D eigenvalue weighted by atomic mass is 16.3. The van der Waals surface area contributed by atoms with Gasteiger partial charge in [0.05, 0.1) is 6.10 Å². The van der Waals surface area contributed by atoms with Gasteiger partial charge in [-0.15, -0.1) is 0 Å². The zero-order chi connectivity index (χ0) is 15.2. The third-order valence-corrected chi connectivity index (χ3v) is 4.03. The van der Waals surface area contributed by atoms with Gasteiger partial charge in [-0.3, -0.25) is 4.90 Å². The number of hydrogen-bond acceptors (Lipinski definition) is 3. The molecule has 0 spiro atoms. The van der Waals surface area contributed by atoms with Gasteiger partial charge in [0.1, 0.15) is 6.23 Å². The Balaban J connectivity index is 3.23. The number of aliphatic hydroxyl groups is 2. The first kappa shape index (κ1) is 19.9. The third-order valence-electron chi connectivity index (χ3n) is 4.03. The number of likely N-dealkylation sites (N-methyl/N-ethyl adjacent to an activating group) is 1. The first-order chi connectivity index (χ1) is 9.57. The summed E-state index contributed by atoms with van der Waals surface area (Å²) >= 11 is 0. The van der Waals surface area contributed by atoms with E-state index in [0.717, 1.165) is 12.8 Å². The van der Waals surface area contributed by atoms with Crippen molar-refractivity contribution in [3.05, 3.63) is 0 Å². The molecule has 0 bridgehead atoms. The van der Waals surface area contributed by atoms with Crippen molar-refractivity contribution >= 4 is 0 Å². The molecule has 0 radical (unpaired) electrons. The van der Waals surface area contributed by atoms with Gasteiger partial charge in [-0.2, -0.15) is 0 Å². The molecule has 3 heteroatoms. The Morgan fingerprint density at radius 2 is 1.25 bits per heavy atom. The molecule has 0 saturated heterocycles. The lowest BCUT2D eigenvalue weighted by atomic mass is 10.0. The van der Waals surface area contributed by atoms with Crippen molar-refractivity contribution in [2.24, 2.45) is 0 Å². The van der Waals surface area contributed by atoms with E-state index in [1.165, 1.54) is 57.8 Å². The van der Waals surface area contributed by atoms with Crippen molar-refractivity contribution in [1.82, 2.24) is 4.90 Å². The summed E-state index contributed by atoms with van der Waals surface area (Å²) in [5, 5.41) is 19.2. The Morgan fingerprint density at radius 1 is 0.800 bits per heavy atom. The number of unbranched alkanes of at least 4 members (excludes halogenated alkanes) is 9. The Hall–Kier alpha value is -0.120. The van der Waals surface area contributed by atoms with Crippen molar-refractivity contribution in [3.63, 3.8) is 0 Å². The molecule has 0 aliphatic heterocycles. The number of rotatable bonds is 14. The summed E-state index contributed by atoms with van der Waals surface area (Å²) in [5.74, 6) is 0. The Labute approximate surface area is 126 Å². The zero-order valence-electron chi connectivity index (χ0n) is 14.0. The van der Waals surface area contributed by atoms with E-state index in [2.05, 4.69) is 6.92 Å². The van der Waals surface area contributed by atoms with Crippen LogP contribution in [0.4, 0.5) is 0 Å². The van der Waals surface area contributed by atoms with Gasteiger partial charge in [0.2, 0.25) is 0 Å². The fraction of sp³-hybridized carbons (Fsp3) is 1.00. The summed E-state index contributed by atoms with van der Waals surface area (Å²) in [6, 6.07) is 0. The van der Waals surface area contributed by atoms with Crippen molar-refractivity contribution in [2.45, 2.75) is 96.8 Å². The van der Waals surface area contributed by atoms with Crippen molar-refractivity contribution in [2.75, 3.05) is 13.6 Å². The second kappa shape index (κ2) is 13.8. The maximum absolute atomic E-state index is 9.84. The van der Waals surface area contributed by atoms with Crippen LogP contribution in [-0.2, 0) is 0 Å². The minimum absolute atomic E-state index is 0.302. The summed E-state index contributed by atoms with van der Waals surface area (Å²) in [5.41, 5.74) is 0. The van der Waals surface area contributed by atoms with E-state index >= 15 is 0 Å². The average Bonchev–Trinajstić information content (AvgIpc) is 2.40. The second-order valence-corrected chi connectivity index (χ2v) is 6.20. The van der Waals surface area contributed by atoms with Gasteiger partial charge in [-0.1, -0.05) is 71.1 Å². The number of aliphatic hydroxyl groups excluding tert-OH is 2. The first-order valence-corrected chi connectivity index (χ1v) is 8.64. The molecule has 20 heavy (non-hydrogen) atoms. The molecule has 0 fully saturated rings. The third kappa shape index (κ3) is 12.9. The molecule has 0 aliphatic carbocycles. The molecule has 3 nitrogen and oxygen atoms in total. The predicted molar refractivity (Wildman–Crippen MR) is 86.8 cm³/mol. The molecule has 0 aromatic rings. The van der Waals surface area contributed by atoms with E-state index in [1.807, 2.05) is 7.05 Å². The molecule has 0 aromatic carbocycles. The van der Waals surface area contributed by atoms with Crippen molar-refractivity contribution in [3.8, 4) is 0 Å². The van der Waals surface area contributed by atoms with Gasteiger partial charge < -0.3 is 10.2 Å². The number of nitrogens with zero attached hydrogens (tertiary/aromatic N) is 1. The molecule has 2 unspecified atom stereocenters. The molecule has 122 valence electrons. The fourth-order valence-electron chi connectivity index (χ4n) is 2.44. The fourth-order valence-corrected chi connectivity index (χ4v) is 2.44. The molecule has 0 rings (SSSR count). The van der Waals surface area contributed by atoms with Crippen molar-refractivity contribution < 1.29 is 10.2 Å². The molecule has 2 N–H and O–H groups in total. The Morgan fingerprint density at radius 3 is 1.70 bits per heavy atom. The molecule has 0 saturated carbocycles. The van der Waals surface area contributed by atoms with Crippen molar-refractivity contribution in [1.29, 1.82) is 0 Å². The quantitative estimate of drug-likeness (QED) is 0.376. The van der Waals surface area contributed by atoms with Crippen LogP contribution in [0.1, 0.15) is 84.5 Å². The highest BCUT2D eigenvalue weighted by Crippen LogP contribution is 2.12. The molecular weight excluding hydrogens is 250 g/mol.